The summed E-state index contributed by atoms with van der Waals surface area (Å²) in [6.07, 6.45) is 7.06. The van der Waals surface area contributed by atoms with Crippen molar-refractivity contribution >= 4 is 11.8 Å². The zero-order valence-corrected chi connectivity index (χ0v) is 12.9. The highest BCUT2D eigenvalue weighted by Crippen LogP contribution is 2.43. The van der Waals surface area contributed by atoms with Crippen LogP contribution in [0, 0.1) is 11.7 Å². The standard InChI is InChI=1S/C15H22FN3OS/c16-13-7-12(9-18-10-13)14(19-17)11-1-4-20-15(8-11)2-5-21-6-3-15/h7,9-11,14,19H,1-6,8,17H2. The number of hydrazine groups is 1. The van der Waals surface area contributed by atoms with Gasteiger partial charge in [0.1, 0.15) is 5.82 Å². The van der Waals surface area contributed by atoms with E-state index in [1.165, 1.54) is 12.3 Å². The maximum Gasteiger partial charge on any atom is 0.141 e. The van der Waals surface area contributed by atoms with E-state index in [9.17, 15) is 4.39 Å². The van der Waals surface area contributed by atoms with Gasteiger partial charge in [-0.05, 0) is 54.7 Å². The zero-order chi connectivity index (χ0) is 14.7. The number of ether oxygens (including phenoxy) is 1. The lowest BCUT2D eigenvalue weighted by molar-refractivity contribution is -0.107. The average Bonchev–Trinajstić information content (AvgIpc) is 2.49. The number of pyridine rings is 1. The third-order valence-corrected chi connectivity index (χ3v) is 5.66. The molecule has 4 nitrogen and oxygen atoms in total. The van der Waals surface area contributed by atoms with Crippen LogP contribution < -0.4 is 11.3 Å². The first-order chi connectivity index (χ1) is 10.2. The van der Waals surface area contributed by atoms with Crippen molar-refractivity contribution in [2.75, 3.05) is 18.1 Å². The van der Waals surface area contributed by atoms with E-state index >= 15 is 0 Å². The van der Waals surface area contributed by atoms with Crippen molar-refractivity contribution in [2.24, 2.45) is 11.8 Å². The highest BCUT2D eigenvalue weighted by atomic mass is 32.2. The molecule has 2 unspecified atom stereocenters. The molecule has 3 rings (SSSR count). The predicted octanol–water partition coefficient (Wildman–Crippen LogP) is 2.42. The highest BCUT2D eigenvalue weighted by molar-refractivity contribution is 7.99. The first-order valence-electron chi connectivity index (χ1n) is 7.51. The van der Waals surface area contributed by atoms with Crippen LogP contribution in [0.2, 0.25) is 0 Å². The Morgan fingerprint density at radius 1 is 1.43 bits per heavy atom. The van der Waals surface area contributed by atoms with E-state index < -0.39 is 0 Å². The van der Waals surface area contributed by atoms with Crippen LogP contribution in [0.5, 0.6) is 0 Å². The van der Waals surface area contributed by atoms with Crippen LogP contribution in [0.4, 0.5) is 4.39 Å². The van der Waals surface area contributed by atoms with Gasteiger partial charge in [0.2, 0.25) is 0 Å². The van der Waals surface area contributed by atoms with Gasteiger partial charge in [0.25, 0.3) is 0 Å². The summed E-state index contributed by atoms with van der Waals surface area (Å²) in [6, 6.07) is 1.46. The van der Waals surface area contributed by atoms with Crippen molar-refractivity contribution < 1.29 is 9.13 Å². The van der Waals surface area contributed by atoms with Crippen molar-refractivity contribution in [1.29, 1.82) is 0 Å². The molecule has 0 saturated carbocycles. The fourth-order valence-corrected chi connectivity index (χ4v) is 4.78. The van der Waals surface area contributed by atoms with Gasteiger partial charge < -0.3 is 4.74 Å². The topological polar surface area (TPSA) is 60.2 Å². The highest BCUT2D eigenvalue weighted by Gasteiger charge is 2.41. The van der Waals surface area contributed by atoms with Gasteiger partial charge in [-0.25, -0.2) is 4.39 Å². The maximum absolute atomic E-state index is 13.4. The van der Waals surface area contributed by atoms with Crippen LogP contribution in [0.15, 0.2) is 18.5 Å². The lowest BCUT2D eigenvalue weighted by Gasteiger charge is -2.45. The van der Waals surface area contributed by atoms with Gasteiger partial charge in [0, 0.05) is 12.8 Å². The summed E-state index contributed by atoms with van der Waals surface area (Å²) in [5.74, 6) is 8.12. The van der Waals surface area contributed by atoms with Crippen LogP contribution in [0.1, 0.15) is 37.3 Å². The van der Waals surface area contributed by atoms with Gasteiger partial charge >= 0.3 is 0 Å². The number of halogens is 1. The molecule has 0 amide bonds. The van der Waals surface area contributed by atoms with Gasteiger partial charge in [0.05, 0.1) is 17.8 Å². The molecule has 1 aromatic rings. The lowest BCUT2D eigenvalue weighted by Crippen LogP contribution is -2.46. The van der Waals surface area contributed by atoms with E-state index in [1.807, 2.05) is 11.8 Å². The minimum atomic E-state index is -0.316. The lowest BCUT2D eigenvalue weighted by atomic mass is 9.77. The van der Waals surface area contributed by atoms with E-state index in [-0.39, 0.29) is 17.5 Å². The van der Waals surface area contributed by atoms with Crippen molar-refractivity contribution in [3.8, 4) is 0 Å². The summed E-state index contributed by atoms with van der Waals surface area (Å²) in [4.78, 5) is 3.95. The van der Waals surface area contributed by atoms with Gasteiger partial charge in [-0.15, -0.1) is 0 Å². The van der Waals surface area contributed by atoms with Crippen molar-refractivity contribution in [3.63, 3.8) is 0 Å². The number of rotatable bonds is 3. The first kappa shape index (κ1) is 15.2. The Kier molecular flexibility index (Phi) is 4.78. The number of thioether (sulfide) groups is 1. The van der Waals surface area contributed by atoms with E-state index in [0.29, 0.717) is 5.92 Å². The zero-order valence-electron chi connectivity index (χ0n) is 12.1. The predicted molar refractivity (Wildman–Crippen MR) is 82.2 cm³/mol. The van der Waals surface area contributed by atoms with Gasteiger partial charge in [-0.1, -0.05) is 0 Å². The van der Waals surface area contributed by atoms with Crippen molar-refractivity contribution in [2.45, 2.75) is 37.3 Å². The third-order valence-electron chi connectivity index (χ3n) is 4.67. The Labute approximate surface area is 129 Å². The number of aromatic nitrogens is 1. The fourth-order valence-electron chi connectivity index (χ4n) is 3.54. The molecule has 21 heavy (non-hydrogen) atoms. The fraction of sp³-hybridized carbons (Fsp3) is 0.667. The molecule has 1 aromatic heterocycles. The molecule has 1 spiro atoms. The average molecular weight is 311 g/mol. The van der Waals surface area contributed by atoms with Crippen LogP contribution in [0.25, 0.3) is 0 Å². The Bertz CT molecular complexity index is 476. The summed E-state index contributed by atoms with van der Waals surface area (Å²) in [7, 11) is 0. The smallest absolute Gasteiger partial charge is 0.141 e. The van der Waals surface area contributed by atoms with Crippen LogP contribution >= 0.6 is 11.8 Å². The van der Waals surface area contributed by atoms with E-state index in [0.717, 1.165) is 49.4 Å². The molecular formula is C15H22FN3OS. The van der Waals surface area contributed by atoms with Crippen LogP contribution in [-0.4, -0.2) is 28.7 Å². The van der Waals surface area contributed by atoms with E-state index in [2.05, 4.69) is 10.4 Å². The third kappa shape index (κ3) is 3.39. The van der Waals surface area contributed by atoms with Gasteiger partial charge in [-0.2, -0.15) is 11.8 Å². The Balaban J connectivity index is 1.77. The molecule has 0 aromatic carbocycles. The minimum absolute atomic E-state index is 0.00399. The quantitative estimate of drug-likeness (QED) is 0.663. The summed E-state index contributed by atoms with van der Waals surface area (Å²) >= 11 is 2.00. The largest absolute Gasteiger partial charge is 0.375 e. The molecule has 3 heterocycles. The first-order valence-corrected chi connectivity index (χ1v) is 8.66. The van der Waals surface area contributed by atoms with Crippen LogP contribution in [-0.2, 0) is 4.74 Å². The van der Waals surface area contributed by atoms with E-state index in [1.54, 1.807) is 6.20 Å². The Hall–Kier alpha value is -0.690. The summed E-state index contributed by atoms with van der Waals surface area (Å²) in [6.45, 7) is 0.760. The molecule has 0 bridgehead atoms. The number of hydrogen-bond donors (Lipinski definition) is 2. The Morgan fingerprint density at radius 2 is 2.24 bits per heavy atom. The van der Waals surface area contributed by atoms with Gasteiger partial charge in [-0.3, -0.25) is 16.3 Å². The molecule has 0 radical (unpaired) electrons. The monoisotopic (exact) mass is 311 g/mol. The molecule has 2 fully saturated rings. The second kappa shape index (κ2) is 6.60. The summed E-state index contributed by atoms with van der Waals surface area (Å²) < 4.78 is 19.5. The molecular weight excluding hydrogens is 289 g/mol. The normalized spacial score (nSPS) is 26.7. The summed E-state index contributed by atoms with van der Waals surface area (Å²) in [5.41, 5.74) is 3.70. The van der Waals surface area contributed by atoms with Crippen molar-refractivity contribution in [1.82, 2.24) is 10.4 Å². The molecule has 2 atom stereocenters. The number of hydrogen-bond acceptors (Lipinski definition) is 5. The minimum Gasteiger partial charge on any atom is -0.375 e. The second-order valence-corrected chi connectivity index (χ2v) is 7.20. The summed E-state index contributed by atoms with van der Waals surface area (Å²) in [5, 5.41) is 0. The molecule has 6 heteroatoms. The molecule has 2 aliphatic rings. The number of nitrogens with one attached hydrogen (secondary N) is 1. The number of nitrogens with two attached hydrogens (primary N) is 1. The van der Waals surface area contributed by atoms with Gasteiger partial charge in [0.15, 0.2) is 0 Å². The molecule has 0 aliphatic carbocycles. The molecule has 116 valence electrons. The van der Waals surface area contributed by atoms with Crippen LogP contribution in [0.3, 0.4) is 0 Å². The van der Waals surface area contributed by atoms with E-state index in [4.69, 9.17) is 10.6 Å². The molecule has 2 aliphatic heterocycles. The maximum atomic E-state index is 13.4. The number of nitrogens with zero attached hydrogens (tertiary/aromatic N) is 1. The second-order valence-electron chi connectivity index (χ2n) is 5.98. The SMILES string of the molecule is NNC(c1cncc(F)c1)C1CCOC2(CCSCC2)C1. The molecule has 2 saturated heterocycles. The Morgan fingerprint density at radius 3 is 2.95 bits per heavy atom. The molecule has 3 N–H and O–H groups in total. The van der Waals surface area contributed by atoms with Crippen molar-refractivity contribution in [3.05, 3.63) is 29.8 Å².